The molecule has 5 aromatic rings. The highest BCUT2D eigenvalue weighted by atomic mass is 19.1. The highest BCUT2D eigenvalue weighted by Crippen LogP contribution is 2.40. The number of rotatable bonds is 4. The predicted molar refractivity (Wildman–Crippen MR) is 186 cm³/mol. The van der Waals surface area contributed by atoms with E-state index in [1.165, 1.54) is 11.1 Å². The van der Waals surface area contributed by atoms with Crippen molar-refractivity contribution >= 4 is 16.9 Å². The number of nitrogens with two attached hydrogens (primary N) is 2. The van der Waals surface area contributed by atoms with E-state index in [0.29, 0.717) is 46.3 Å². The van der Waals surface area contributed by atoms with Crippen LogP contribution in [0.1, 0.15) is 75.4 Å². The number of ether oxygens (including phenoxy) is 1. The van der Waals surface area contributed by atoms with Gasteiger partial charge in [-0.25, -0.2) is 19.9 Å². The Morgan fingerprint density at radius 1 is 1.12 bits per heavy atom. The first-order valence-electron chi connectivity index (χ1n) is 16.5. The van der Waals surface area contributed by atoms with Crippen LogP contribution in [0.2, 0.25) is 0 Å². The highest BCUT2D eigenvalue weighted by molar-refractivity contribution is 5.85. The summed E-state index contributed by atoms with van der Waals surface area (Å²) >= 11 is 0. The Balaban J connectivity index is 1.47. The van der Waals surface area contributed by atoms with E-state index in [9.17, 15) is 9.90 Å². The summed E-state index contributed by atoms with van der Waals surface area (Å²) in [5.41, 5.74) is 9.96. The number of benzene rings is 2. The number of nitrogens with one attached hydrogen (secondary N) is 1. The molecule has 4 heterocycles. The quantitative estimate of drug-likeness (QED) is 0.153. The van der Waals surface area contributed by atoms with Crippen LogP contribution >= 0.6 is 0 Å². The molecule has 0 spiro atoms. The maximum atomic E-state index is 15.7. The van der Waals surface area contributed by atoms with Gasteiger partial charge in [0.1, 0.15) is 11.4 Å². The maximum Gasteiger partial charge on any atom is 0.303 e. The maximum absolute atomic E-state index is 15.7. The molecule has 6 N–H and O–H groups in total. The zero-order chi connectivity index (χ0) is 34.9. The van der Waals surface area contributed by atoms with E-state index in [0.717, 1.165) is 42.2 Å². The summed E-state index contributed by atoms with van der Waals surface area (Å²) in [6.45, 7) is 6.46. The number of pyridine rings is 1. The van der Waals surface area contributed by atoms with E-state index in [2.05, 4.69) is 42.9 Å². The van der Waals surface area contributed by atoms with Gasteiger partial charge in [-0.15, -0.1) is 0 Å². The molecule has 11 nitrogen and oxygen atoms in total. The number of hydrogen-bond donors (Lipinski definition) is 4. The van der Waals surface area contributed by atoms with Crippen molar-refractivity contribution in [2.24, 2.45) is 24.0 Å². The topological polar surface area (TPSA) is 161 Å². The molecule has 0 saturated carbocycles. The summed E-state index contributed by atoms with van der Waals surface area (Å²) in [5, 5.41) is 16.5. The average molecular weight is 667 g/mol. The first-order chi connectivity index (χ1) is 23.3. The van der Waals surface area contributed by atoms with E-state index >= 15 is 4.39 Å². The molecule has 49 heavy (non-hydrogen) atoms. The number of H-pyrrole nitrogens is 1. The molecule has 4 bridgehead atoms. The number of carboxylic acid groups (broad SMARTS) is 1. The number of halogens is 1. The average Bonchev–Trinajstić information content (AvgIpc) is 3.70. The van der Waals surface area contributed by atoms with Gasteiger partial charge in [0.05, 0.1) is 12.0 Å². The van der Waals surface area contributed by atoms with Crippen molar-refractivity contribution in [2.45, 2.75) is 71.3 Å². The van der Waals surface area contributed by atoms with Gasteiger partial charge in [-0.1, -0.05) is 51.0 Å². The Morgan fingerprint density at radius 2 is 1.92 bits per heavy atom. The summed E-state index contributed by atoms with van der Waals surface area (Å²) in [7, 11) is 1.82. The lowest BCUT2D eigenvalue weighted by atomic mass is 9.75. The van der Waals surface area contributed by atoms with Gasteiger partial charge in [0.2, 0.25) is 0 Å². The van der Waals surface area contributed by atoms with E-state index in [4.69, 9.17) is 26.4 Å². The van der Waals surface area contributed by atoms with Crippen LogP contribution in [0.4, 0.5) is 4.39 Å². The Morgan fingerprint density at radius 3 is 2.71 bits per heavy atom. The van der Waals surface area contributed by atoms with Gasteiger partial charge in [0, 0.05) is 71.8 Å². The van der Waals surface area contributed by atoms with Crippen molar-refractivity contribution in [1.29, 1.82) is 0 Å². The monoisotopic (exact) mass is 666 g/mol. The van der Waals surface area contributed by atoms with Gasteiger partial charge in [-0.05, 0) is 49.4 Å². The van der Waals surface area contributed by atoms with E-state index in [-0.39, 0.29) is 24.1 Å². The highest BCUT2D eigenvalue weighted by Gasteiger charge is 2.35. The van der Waals surface area contributed by atoms with Gasteiger partial charge < -0.3 is 25.6 Å². The standard InChI is InChI=1S/C37H43FN8O3/c1-36(2)14-5-6-15-37(3,24-9-7-8-23(18-24)10-11-32(47)48)35-43-34(45(4)44-35)30-19-25(12-16-42-30)49-33-27(21-46(40)22-31(36)39)26-13-17-41-29(26)20-28(33)38/h7-9,12-13,16-20,22,41H,5-6,10-11,14-15,21,39-40H2,1-4H3,(H,47,48)/b31-22-/t37-/m1/s1. The Kier molecular flexibility index (Phi) is 9.17. The number of aliphatic carboxylic acids is 1. The lowest BCUT2D eigenvalue weighted by molar-refractivity contribution is -0.136. The smallest absolute Gasteiger partial charge is 0.303 e. The number of aromatic amines is 1. The van der Waals surface area contributed by atoms with Gasteiger partial charge >= 0.3 is 5.97 Å². The minimum Gasteiger partial charge on any atom is -0.481 e. The number of nitrogens with zero attached hydrogens (tertiary/aromatic N) is 5. The number of hydrazine groups is 1. The molecular weight excluding hydrogens is 623 g/mol. The zero-order valence-corrected chi connectivity index (χ0v) is 28.3. The largest absolute Gasteiger partial charge is 0.481 e. The number of hydrogen-bond acceptors (Lipinski definition) is 8. The molecule has 12 heteroatoms. The third-order valence-electron chi connectivity index (χ3n) is 9.65. The van der Waals surface area contributed by atoms with Crippen LogP contribution in [0, 0.1) is 11.2 Å². The first kappa shape index (κ1) is 33.7. The molecule has 1 aliphatic rings. The van der Waals surface area contributed by atoms with Crippen LogP contribution in [0.5, 0.6) is 11.5 Å². The number of carboxylic acids is 1. The summed E-state index contributed by atoms with van der Waals surface area (Å²) in [5.74, 6) is 6.72. The van der Waals surface area contributed by atoms with Crippen molar-refractivity contribution in [3.63, 3.8) is 0 Å². The van der Waals surface area contributed by atoms with E-state index < -0.39 is 17.2 Å². The second-order valence-corrected chi connectivity index (χ2v) is 13.7. The number of aromatic nitrogens is 5. The molecule has 2 aromatic carbocycles. The fourth-order valence-electron chi connectivity index (χ4n) is 6.52. The Labute approximate surface area is 284 Å². The van der Waals surface area contributed by atoms with E-state index in [1.54, 1.807) is 35.4 Å². The molecule has 3 aromatic heterocycles. The molecule has 1 aliphatic heterocycles. The van der Waals surface area contributed by atoms with Crippen LogP contribution in [0.15, 0.2) is 72.8 Å². The van der Waals surface area contributed by atoms with Crippen LogP contribution in [-0.2, 0) is 30.2 Å². The fourth-order valence-corrected chi connectivity index (χ4v) is 6.52. The minimum absolute atomic E-state index is 0.0466. The summed E-state index contributed by atoms with van der Waals surface area (Å²) in [4.78, 5) is 24.0. The van der Waals surface area contributed by atoms with Gasteiger partial charge in [-0.3, -0.25) is 9.78 Å². The summed E-state index contributed by atoms with van der Waals surface area (Å²) < 4.78 is 23.7. The lowest BCUT2D eigenvalue weighted by Gasteiger charge is -2.30. The number of aryl methyl sites for hydroxylation is 2. The van der Waals surface area contributed by atoms with Crippen molar-refractivity contribution in [3.8, 4) is 23.0 Å². The van der Waals surface area contributed by atoms with Crippen LogP contribution in [-0.4, -0.2) is 40.8 Å². The van der Waals surface area contributed by atoms with Crippen molar-refractivity contribution in [3.05, 3.63) is 101 Å². The van der Waals surface area contributed by atoms with Crippen molar-refractivity contribution < 1.29 is 19.0 Å². The van der Waals surface area contributed by atoms with Gasteiger partial charge in [0.25, 0.3) is 0 Å². The van der Waals surface area contributed by atoms with Gasteiger partial charge in [0.15, 0.2) is 23.2 Å². The molecule has 0 amide bonds. The lowest BCUT2D eigenvalue weighted by Crippen LogP contribution is -2.30. The number of carbonyl (C=O) groups is 1. The minimum atomic E-state index is -0.837. The molecule has 0 saturated heterocycles. The molecule has 1 atom stereocenters. The molecule has 6 rings (SSSR count). The van der Waals surface area contributed by atoms with E-state index in [1.807, 2.05) is 25.2 Å². The molecule has 0 radical (unpaired) electrons. The molecule has 0 fully saturated rings. The summed E-state index contributed by atoms with van der Waals surface area (Å²) in [6, 6.07) is 14.7. The number of fused-ring (bicyclic) bond motifs is 8. The first-order valence-corrected chi connectivity index (χ1v) is 16.5. The Bertz CT molecular complexity index is 2030. The third-order valence-corrected chi connectivity index (χ3v) is 9.65. The predicted octanol–water partition coefficient (Wildman–Crippen LogP) is 6.69. The second kappa shape index (κ2) is 13.3. The molecule has 0 aliphatic carbocycles. The third kappa shape index (κ3) is 7.00. The Hall–Kier alpha value is -5.23. The van der Waals surface area contributed by atoms with Gasteiger partial charge in [-0.2, -0.15) is 5.10 Å². The van der Waals surface area contributed by atoms with Crippen LogP contribution in [0.25, 0.3) is 22.4 Å². The zero-order valence-electron chi connectivity index (χ0n) is 28.3. The molecule has 0 unspecified atom stereocenters. The molecule has 256 valence electrons. The fraction of sp³-hybridized carbons (Fsp3) is 0.351. The second-order valence-electron chi connectivity index (χ2n) is 13.7. The SMILES string of the molecule is Cn1nc2nc1-c1cc(ccn1)Oc1c(F)cc3[nH]ccc3c1CN(N)/C=C(\N)C(C)(C)CCCC[C@]2(C)c1cccc(CCC(=O)O)c1. The summed E-state index contributed by atoms with van der Waals surface area (Å²) in [6.07, 6.45) is 8.80. The van der Waals surface area contributed by atoms with Crippen molar-refractivity contribution in [2.75, 3.05) is 0 Å². The number of allylic oxidation sites excluding steroid dienone is 1. The normalized spacial score (nSPS) is 19.6. The van der Waals surface area contributed by atoms with Crippen molar-refractivity contribution in [1.82, 2.24) is 29.7 Å². The molecular formula is C37H43FN8O3. The van der Waals surface area contributed by atoms with Crippen LogP contribution in [0.3, 0.4) is 0 Å². The van der Waals surface area contributed by atoms with Crippen LogP contribution < -0.4 is 16.3 Å².